The third-order valence-corrected chi connectivity index (χ3v) is 9.30. The number of benzene rings is 2. The van der Waals surface area contributed by atoms with Gasteiger partial charge in [-0.15, -0.1) is 0 Å². The number of H-pyrrole nitrogens is 1. The van der Waals surface area contributed by atoms with Crippen LogP contribution in [0.25, 0.3) is 10.9 Å². The van der Waals surface area contributed by atoms with Crippen LogP contribution in [0.1, 0.15) is 36.0 Å². The largest absolute Gasteiger partial charge is 0.508 e. The predicted octanol–water partition coefficient (Wildman–Crippen LogP) is 4.80. The van der Waals surface area contributed by atoms with Crippen LogP contribution in [0, 0.1) is 11.8 Å². The number of nitrogens with one attached hydrogen (secondary N) is 1. The van der Waals surface area contributed by atoms with Crippen molar-refractivity contribution >= 4 is 45.7 Å². The Hall–Kier alpha value is -4.05. The molecule has 2 aliphatic rings. The van der Waals surface area contributed by atoms with Crippen LogP contribution in [0.2, 0.25) is 0 Å². The van der Waals surface area contributed by atoms with E-state index in [9.17, 15) is 19.5 Å². The van der Waals surface area contributed by atoms with E-state index < -0.39 is 23.3 Å². The fraction of sp³-hybridized carbons (Fsp3) is 0.375. The number of allylic oxidation sites excluding steroid dienone is 1. The molecule has 0 saturated heterocycles. The number of esters is 1. The molecular weight excluding hydrogens is 556 g/mol. The summed E-state index contributed by atoms with van der Waals surface area (Å²) in [6.07, 6.45) is 8.24. The predicted molar refractivity (Wildman–Crippen MR) is 162 cm³/mol. The molecule has 0 bridgehead atoms. The highest BCUT2D eigenvalue weighted by Gasteiger charge is 2.53. The summed E-state index contributed by atoms with van der Waals surface area (Å²) in [6.45, 7) is 1.48. The number of hydrogen-bond donors (Lipinski definition) is 2. The molecule has 1 aliphatic heterocycles. The van der Waals surface area contributed by atoms with Gasteiger partial charge < -0.3 is 24.3 Å². The number of phenolic OH excluding ortho intramolecular Hbond substituents is 1. The summed E-state index contributed by atoms with van der Waals surface area (Å²) in [6, 6.07) is 8.83. The van der Waals surface area contributed by atoms with E-state index >= 15 is 0 Å². The van der Waals surface area contributed by atoms with Crippen molar-refractivity contribution in [3.8, 4) is 17.2 Å². The maximum Gasteiger partial charge on any atom is 0.312 e. The summed E-state index contributed by atoms with van der Waals surface area (Å²) in [4.78, 5) is 48.3. The van der Waals surface area contributed by atoms with Gasteiger partial charge in [0.15, 0.2) is 27.9 Å². The lowest BCUT2D eigenvalue weighted by Gasteiger charge is -2.35. The quantitative estimate of drug-likeness (QED) is 0.305. The molecule has 9 nitrogen and oxygen atoms in total. The van der Waals surface area contributed by atoms with Gasteiger partial charge in [0.25, 0.3) is 0 Å². The lowest BCUT2D eigenvalue weighted by molar-refractivity contribution is -0.150. The number of nitrogens with zero attached hydrogens (tertiary/aromatic N) is 1. The first-order valence-electron chi connectivity index (χ1n) is 13.7. The summed E-state index contributed by atoms with van der Waals surface area (Å²) in [5, 5.41) is 10.8. The number of rotatable bonds is 11. The van der Waals surface area contributed by atoms with E-state index in [-0.39, 0.29) is 34.7 Å². The number of thioether (sulfide) groups is 1. The number of phenols is 1. The number of Topliss-reactive ketones (excluding diaryl/α,β-unsaturated/α-hetero) is 1. The number of methoxy groups -OCH3 is 3. The number of aliphatic imine (C=N–C) groups is 1. The zero-order valence-corrected chi connectivity index (χ0v) is 24.8. The van der Waals surface area contributed by atoms with Gasteiger partial charge in [-0.3, -0.25) is 19.4 Å². The first-order valence-corrected chi connectivity index (χ1v) is 14.7. The van der Waals surface area contributed by atoms with Gasteiger partial charge >= 0.3 is 5.97 Å². The standard InChI is InChI=1S/C32H34N2O7S/c1-18(35)42-17-25(22-8-6-19-13-28(39-2)29(40-3)15-23(19)22)30(37)32(10-5-11-34-32)26(31(38)41-4)12-20-16-33-27-9-7-21(36)14-24(20)27/h5,7,9-11,13-16,22,25-26,33,36H,6,8,12,17H2,1-4H3. The van der Waals surface area contributed by atoms with Crippen LogP contribution in [0.3, 0.4) is 0 Å². The summed E-state index contributed by atoms with van der Waals surface area (Å²) in [5.74, 6) is -1.12. The number of aromatic nitrogens is 1. The summed E-state index contributed by atoms with van der Waals surface area (Å²) < 4.78 is 16.3. The molecule has 3 aromatic rings. The maximum absolute atomic E-state index is 14.9. The molecule has 1 aromatic heterocycles. The van der Waals surface area contributed by atoms with E-state index in [1.54, 1.807) is 57.0 Å². The van der Waals surface area contributed by atoms with Crippen molar-refractivity contribution in [2.24, 2.45) is 16.8 Å². The van der Waals surface area contributed by atoms with Crippen molar-refractivity contribution in [2.45, 2.75) is 37.6 Å². The number of aromatic hydroxyl groups is 1. The molecule has 4 unspecified atom stereocenters. The molecular formula is C32H34N2O7S. The molecule has 0 spiro atoms. The van der Waals surface area contributed by atoms with Gasteiger partial charge in [-0.1, -0.05) is 11.8 Å². The molecule has 1 aliphatic carbocycles. The van der Waals surface area contributed by atoms with Gasteiger partial charge in [-0.05, 0) is 84.4 Å². The first-order chi connectivity index (χ1) is 20.2. The molecule has 2 heterocycles. The lowest BCUT2D eigenvalue weighted by Crippen LogP contribution is -2.51. The second-order valence-corrected chi connectivity index (χ2v) is 11.8. The number of carbonyl (C=O) groups excluding carboxylic acids is 3. The number of ketones is 1. The van der Waals surface area contributed by atoms with Crippen molar-refractivity contribution in [3.05, 3.63) is 65.4 Å². The molecule has 0 radical (unpaired) electrons. The van der Waals surface area contributed by atoms with E-state index in [4.69, 9.17) is 14.2 Å². The Labute approximate surface area is 248 Å². The van der Waals surface area contributed by atoms with Crippen LogP contribution in [-0.2, 0) is 32.0 Å². The Kier molecular flexibility index (Phi) is 8.45. The third kappa shape index (κ3) is 5.31. The molecule has 0 amide bonds. The van der Waals surface area contributed by atoms with Gasteiger partial charge in [-0.2, -0.15) is 0 Å². The third-order valence-electron chi connectivity index (χ3n) is 8.37. The fourth-order valence-electron chi connectivity index (χ4n) is 6.30. The molecule has 0 saturated carbocycles. The average molecular weight is 591 g/mol. The van der Waals surface area contributed by atoms with Gasteiger partial charge in [0, 0.05) is 41.9 Å². The van der Waals surface area contributed by atoms with Crippen molar-refractivity contribution in [2.75, 3.05) is 27.1 Å². The van der Waals surface area contributed by atoms with Crippen LogP contribution in [0.5, 0.6) is 17.2 Å². The van der Waals surface area contributed by atoms with Gasteiger partial charge in [0.2, 0.25) is 0 Å². The van der Waals surface area contributed by atoms with Crippen LogP contribution in [-0.4, -0.2) is 65.8 Å². The number of aryl methyl sites for hydroxylation is 1. The number of carbonyl (C=O) groups is 3. The molecule has 2 N–H and O–H groups in total. The molecule has 220 valence electrons. The normalized spacial score (nSPS) is 20.3. The molecule has 2 aromatic carbocycles. The van der Waals surface area contributed by atoms with Gasteiger partial charge in [0.1, 0.15) is 5.75 Å². The first kappa shape index (κ1) is 29.4. The van der Waals surface area contributed by atoms with E-state index in [1.807, 2.05) is 12.1 Å². The average Bonchev–Trinajstić information content (AvgIpc) is 3.74. The minimum absolute atomic E-state index is 0.0934. The Morgan fingerprint density at radius 2 is 1.90 bits per heavy atom. The number of ether oxygens (including phenoxy) is 3. The van der Waals surface area contributed by atoms with E-state index in [2.05, 4.69) is 9.98 Å². The Bertz CT molecular complexity index is 1580. The number of aromatic amines is 1. The van der Waals surface area contributed by atoms with Crippen LogP contribution in [0.4, 0.5) is 0 Å². The monoisotopic (exact) mass is 590 g/mol. The van der Waals surface area contributed by atoms with Crippen molar-refractivity contribution in [1.82, 2.24) is 4.98 Å². The minimum Gasteiger partial charge on any atom is -0.508 e. The Morgan fingerprint density at radius 3 is 2.57 bits per heavy atom. The van der Waals surface area contributed by atoms with Crippen molar-refractivity contribution < 1.29 is 33.7 Å². The minimum atomic E-state index is -1.53. The van der Waals surface area contributed by atoms with Gasteiger partial charge in [0.05, 0.1) is 27.2 Å². The van der Waals surface area contributed by atoms with Crippen molar-refractivity contribution in [1.29, 1.82) is 0 Å². The SMILES string of the molecule is COC(=O)C(Cc1c[nH]c2ccc(O)cc12)C1(C(=O)C(CSC(C)=O)C2CCc3cc(OC)c(OC)cc32)C=CC=N1. The highest BCUT2D eigenvalue weighted by molar-refractivity contribution is 8.13. The van der Waals surface area contributed by atoms with Crippen LogP contribution in [0.15, 0.2) is 53.7 Å². The fourth-order valence-corrected chi connectivity index (χ4v) is 7.10. The van der Waals surface area contributed by atoms with Crippen LogP contribution < -0.4 is 9.47 Å². The summed E-state index contributed by atoms with van der Waals surface area (Å²) in [7, 11) is 4.45. The Morgan fingerprint density at radius 1 is 1.14 bits per heavy atom. The molecule has 0 fully saturated rings. The smallest absolute Gasteiger partial charge is 0.312 e. The van der Waals surface area contributed by atoms with E-state index in [0.29, 0.717) is 17.9 Å². The highest BCUT2D eigenvalue weighted by atomic mass is 32.2. The second kappa shape index (κ2) is 12.1. The molecule has 10 heteroatoms. The maximum atomic E-state index is 14.9. The number of hydrogen-bond acceptors (Lipinski definition) is 9. The van der Waals surface area contributed by atoms with E-state index in [1.165, 1.54) is 14.0 Å². The van der Waals surface area contributed by atoms with E-state index in [0.717, 1.165) is 45.8 Å². The van der Waals surface area contributed by atoms with Crippen LogP contribution >= 0.6 is 11.8 Å². The Balaban J connectivity index is 1.58. The zero-order valence-electron chi connectivity index (χ0n) is 24.0. The summed E-state index contributed by atoms with van der Waals surface area (Å²) in [5.41, 5.74) is 2.04. The zero-order chi connectivity index (χ0) is 30.0. The topological polar surface area (TPSA) is 127 Å². The lowest BCUT2D eigenvalue weighted by atomic mass is 9.70. The van der Waals surface area contributed by atoms with Gasteiger partial charge in [-0.25, -0.2) is 0 Å². The molecule has 5 rings (SSSR count). The molecule has 42 heavy (non-hydrogen) atoms. The number of fused-ring (bicyclic) bond motifs is 2. The molecule has 4 atom stereocenters. The highest BCUT2D eigenvalue weighted by Crippen LogP contribution is 2.47. The second-order valence-electron chi connectivity index (χ2n) is 10.6. The van der Waals surface area contributed by atoms with Crippen molar-refractivity contribution in [3.63, 3.8) is 0 Å². The summed E-state index contributed by atoms with van der Waals surface area (Å²) >= 11 is 1.10.